The third-order valence-electron chi connectivity index (χ3n) is 5.12. The Morgan fingerprint density at radius 2 is 1.64 bits per heavy atom. The summed E-state index contributed by atoms with van der Waals surface area (Å²) in [5.74, 6) is 0.983. The number of nitrogens with two attached hydrogens (primary N) is 1. The Balaban J connectivity index is 1.53. The molecule has 0 unspecified atom stereocenters. The molecule has 33 heavy (non-hydrogen) atoms. The molecule has 0 aromatic heterocycles. The van der Waals surface area contributed by atoms with Gasteiger partial charge < -0.3 is 14.8 Å². The number of nitrogens with one attached hydrogen (secondary N) is 1. The number of carbonyl (C=O) groups excluding carboxylic acids is 1. The van der Waals surface area contributed by atoms with Crippen LogP contribution in [0.15, 0.2) is 89.8 Å². The number of rotatable bonds is 7. The Labute approximate surface area is 191 Å². The Hall–Kier alpha value is -3.88. The van der Waals surface area contributed by atoms with E-state index in [0.29, 0.717) is 22.6 Å². The smallest absolute Gasteiger partial charge is 0.255 e. The summed E-state index contributed by atoms with van der Waals surface area (Å²) in [6.45, 7) is 0.210. The van der Waals surface area contributed by atoms with Crippen LogP contribution in [0.5, 0.6) is 11.5 Å². The van der Waals surface area contributed by atoms with Crippen molar-refractivity contribution in [3.63, 3.8) is 0 Å². The predicted molar refractivity (Wildman–Crippen MR) is 127 cm³/mol. The van der Waals surface area contributed by atoms with E-state index in [1.165, 1.54) is 24.3 Å². The highest BCUT2D eigenvalue weighted by Crippen LogP contribution is 2.28. The fourth-order valence-corrected chi connectivity index (χ4v) is 3.96. The van der Waals surface area contributed by atoms with Gasteiger partial charge in [-0.05, 0) is 53.9 Å². The Morgan fingerprint density at radius 1 is 0.909 bits per heavy atom. The lowest BCUT2D eigenvalue weighted by molar-refractivity contribution is 0.102. The molecule has 0 bridgehead atoms. The van der Waals surface area contributed by atoms with Crippen molar-refractivity contribution < 1.29 is 22.7 Å². The monoisotopic (exact) mass is 462 g/mol. The largest absolute Gasteiger partial charge is 0.496 e. The number of carbonyl (C=O) groups is 1. The van der Waals surface area contributed by atoms with Crippen LogP contribution in [0.4, 0.5) is 5.69 Å². The summed E-state index contributed by atoms with van der Waals surface area (Å²) in [6.07, 6.45) is 0. The summed E-state index contributed by atoms with van der Waals surface area (Å²) in [5, 5.41) is 9.92. The Bertz CT molecular complexity index is 1410. The van der Waals surface area contributed by atoms with Crippen LogP contribution >= 0.6 is 0 Å². The molecule has 8 heteroatoms. The number of sulfonamides is 1. The van der Waals surface area contributed by atoms with Crippen LogP contribution in [0.3, 0.4) is 0 Å². The predicted octanol–water partition coefficient (Wildman–Crippen LogP) is 4.33. The maximum absolute atomic E-state index is 12.8. The van der Waals surface area contributed by atoms with Gasteiger partial charge in [-0.25, -0.2) is 13.6 Å². The van der Waals surface area contributed by atoms with Gasteiger partial charge in [-0.3, -0.25) is 4.79 Å². The SMILES string of the molecule is COc1ccc(C(=O)Nc2ccc(S(N)(=O)=O)cc2)cc1COc1cccc2ccccc12. The molecule has 0 fully saturated rings. The lowest BCUT2D eigenvalue weighted by atomic mass is 10.1. The van der Waals surface area contributed by atoms with Gasteiger partial charge in [0.25, 0.3) is 5.91 Å². The molecule has 1 amide bonds. The number of methoxy groups -OCH3 is 1. The number of amides is 1. The topological polar surface area (TPSA) is 108 Å². The molecule has 0 atom stereocenters. The van der Waals surface area contributed by atoms with Gasteiger partial charge in [0.05, 0.1) is 12.0 Å². The first-order chi connectivity index (χ1) is 15.8. The van der Waals surface area contributed by atoms with E-state index >= 15 is 0 Å². The fourth-order valence-electron chi connectivity index (χ4n) is 3.44. The van der Waals surface area contributed by atoms with E-state index in [2.05, 4.69) is 5.32 Å². The van der Waals surface area contributed by atoms with Crippen molar-refractivity contribution in [3.8, 4) is 11.5 Å². The molecule has 0 aliphatic carbocycles. The second-order valence-corrected chi connectivity index (χ2v) is 8.88. The molecule has 4 aromatic rings. The number of primary sulfonamides is 1. The van der Waals surface area contributed by atoms with E-state index in [0.717, 1.165) is 16.5 Å². The number of anilines is 1. The fraction of sp³-hybridized carbons (Fsp3) is 0.0800. The normalized spacial score (nSPS) is 11.2. The molecule has 0 aliphatic heterocycles. The van der Waals surface area contributed by atoms with Crippen LogP contribution in [0, 0.1) is 0 Å². The quantitative estimate of drug-likeness (QED) is 0.425. The zero-order chi connectivity index (χ0) is 23.4. The molecule has 0 heterocycles. The van der Waals surface area contributed by atoms with Gasteiger partial charge in [0, 0.05) is 22.2 Å². The van der Waals surface area contributed by atoms with Crippen molar-refractivity contribution in [1.29, 1.82) is 0 Å². The zero-order valence-corrected chi connectivity index (χ0v) is 18.6. The molecule has 3 N–H and O–H groups in total. The van der Waals surface area contributed by atoms with E-state index < -0.39 is 10.0 Å². The summed E-state index contributed by atoms with van der Waals surface area (Å²) in [6, 6.07) is 24.5. The van der Waals surface area contributed by atoms with Crippen molar-refractivity contribution in [2.45, 2.75) is 11.5 Å². The first-order valence-electron chi connectivity index (χ1n) is 10.1. The van der Waals surface area contributed by atoms with Crippen molar-refractivity contribution in [2.24, 2.45) is 5.14 Å². The third kappa shape index (κ3) is 5.14. The van der Waals surface area contributed by atoms with E-state index in [9.17, 15) is 13.2 Å². The molecule has 0 saturated carbocycles. The van der Waals surface area contributed by atoms with Gasteiger partial charge in [0.15, 0.2) is 0 Å². The summed E-state index contributed by atoms with van der Waals surface area (Å²) in [4.78, 5) is 12.7. The minimum absolute atomic E-state index is 0.0298. The number of benzene rings is 4. The number of fused-ring (bicyclic) bond motifs is 1. The second kappa shape index (κ2) is 9.32. The molecule has 0 aliphatic rings. The maximum atomic E-state index is 12.8. The molecule has 4 rings (SSSR count). The number of ether oxygens (including phenoxy) is 2. The van der Waals surface area contributed by atoms with Gasteiger partial charge in [-0.1, -0.05) is 36.4 Å². The zero-order valence-electron chi connectivity index (χ0n) is 17.8. The molecule has 168 valence electrons. The van der Waals surface area contributed by atoms with Crippen molar-refractivity contribution >= 4 is 32.4 Å². The van der Waals surface area contributed by atoms with Crippen molar-refractivity contribution in [1.82, 2.24) is 0 Å². The van der Waals surface area contributed by atoms with Gasteiger partial charge in [0.1, 0.15) is 18.1 Å². The summed E-state index contributed by atoms with van der Waals surface area (Å²) in [7, 11) is -2.24. The van der Waals surface area contributed by atoms with Crippen LogP contribution in [-0.2, 0) is 16.6 Å². The Kier molecular flexibility index (Phi) is 6.30. The highest BCUT2D eigenvalue weighted by molar-refractivity contribution is 7.89. The molecule has 7 nitrogen and oxygen atoms in total. The molecular weight excluding hydrogens is 440 g/mol. The van der Waals surface area contributed by atoms with Crippen molar-refractivity contribution in [3.05, 3.63) is 96.1 Å². The van der Waals surface area contributed by atoms with Crippen LogP contribution in [0.1, 0.15) is 15.9 Å². The summed E-state index contributed by atoms with van der Waals surface area (Å²) in [5.41, 5.74) is 1.56. The number of hydrogen-bond acceptors (Lipinski definition) is 5. The summed E-state index contributed by atoms with van der Waals surface area (Å²) < 4.78 is 34.3. The average Bonchev–Trinajstić information content (AvgIpc) is 2.82. The highest BCUT2D eigenvalue weighted by Gasteiger charge is 2.13. The van der Waals surface area contributed by atoms with Crippen LogP contribution in [0.2, 0.25) is 0 Å². The molecule has 0 radical (unpaired) electrons. The average molecular weight is 463 g/mol. The standard InChI is InChI=1S/C25H22N2O5S/c1-31-23-14-9-18(25(28)27-20-10-12-21(13-11-20)33(26,29)30)15-19(23)16-32-24-8-4-6-17-5-2-3-7-22(17)24/h2-15H,16H2,1H3,(H,27,28)(H2,26,29,30). The van der Waals surface area contributed by atoms with E-state index in [1.807, 2.05) is 42.5 Å². The first-order valence-corrected chi connectivity index (χ1v) is 11.6. The van der Waals surface area contributed by atoms with Gasteiger partial charge in [-0.2, -0.15) is 0 Å². The van der Waals surface area contributed by atoms with E-state index in [1.54, 1.807) is 25.3 Å². The van der Waals surface area contributed by atoms with Crippen LogP contribution < -0.4 is 19.9 Å². The van der Waals surface area contributed by atoms with Crippen LogP contribution in [0.25, 0.3) is 10.8 Å². The molecular formula is C25H22N2O5S. The highest BCUT2D eigenvalue weighted by atomic mass is 32.2. The Morgan fingerprint density at radius 3 is 2.36 bits per heavy atom. The first kappa shape index (κ1) is 22.3. The maximum Gasteiger partial charge on any atom is 0.255 e. The molecule has 4 aromatic carbocycles. The van der Waals surface area contributed by atoms with E-state index in [-0.39, 0.29) is 17.4 Å². The number of hydrogen-bond donors (Lipinski definition) is 2. The third-order valence-corrected chi connectivity index (χ3v) is 6.05. The van der Waals surface area contributed by atoms with Crippen molar-refractivity contribution in [2.75, 3.05) is 12.4 Å². The molecule has 0 spiro atoms. The minimum atomic E-state index is -3.80. The second-order valence-electron chi connectivity index (χ2n) is 7.32. The van der Waals surface area contributed by atoms with Gasteiger partial charge in [-0.15, -0.1) is 0 Å². The van der Waals surface area contributed by atoms with E-state index in [4.69, 9.17) is 14.6 Å². The van der Waals surface area contributed by atoms with Gasteiger partial charge >= 0.3 is 0 Å². The summed E-state index contributed by atoms with van der Waals surface area (Å²) >= 11 is 0. The minimum Gasteiger partial charge on any atom is -0.496 e. The van der Waals surface area contributed by atoms with Crippen LogP contribution in [-0.4, -0.2) is 21.4 Å². The molecule has 0 saturated heterocycles. The lowest BCUT2D eigenvalue weighted by Crippen LogP contribution is -2.14. The van der Waals surface area contributed by atoms with Gasteiger partial charge in [0.2, 0.25) is 10.0 Å². The lowest BCUT2D eigenvalue weighted by Gasteiger charge is -2.14.